The number of anilines is 1. The van der Waals surface area contributed by atoms with E-state index in [1.165, 1.54) is 19.3 Å². The van der Waals surface area contributed by atoms with E-state index in [1.807, 2.05) is 25.1 Å². The lowest BCUT2D eigenvalue weighted by Crippen LogP contribution is -2.04. The van der Waals surface area contributed by atoms with Gasteiger partial charge in [-0.1, -0.05) is 25.3 Å². The normalized spacial score (nSPS) is 16.0. The van der Waals surface area contributed by atoms with Crippen LogP contribution >= 0.6 is 0 Å². The molecule has 0 saturated heterocycles. The maximum absolute atomic E-state index is 5.98. The van der Waals surface area contributed by atoms with Gasteiger partial charge in [0.25, 0.3) is 5.89 Å². The number of para-hydroxylation sites is 1. The molecule has 1 aromatic carbocycles. The molecule has 1 saturated carbocycles. The first-order valence-electron chi connectivity index (χ1n) is 7.64. The summed E-state index contributed by atoms with van der Waals surface area (Å²) in [4.78, 5) is 0. The molecule has 1 aliphatic rings. The van der Waals surface area contributed by atoms with Crippen molar-refractivity contribution in [2.45, 2.75) is 44.9 Å². The molecule has 3 rings (SSSR count). The molecule has 112 valence electrons. The molecule has 21 heavy (non-hydrogen) atoms. The Bertz CT molecular complexity index is 603. The Morgan fingerprint density at radius 3 is 2.81 bits per heavy atom. The molecule has 1 heterocycles. The lowest BCUT2D eigenvalue weighted by molar-refractivity contribution is 0.340. The summed E-state index contributed by atoms with van der Waals surface area (Å²) in [5.41, 5.74) is 7.34. The standard InChI is InChI=1S/C16H21N3O2/c1-2-20-14-12(9-6-10-13(14)17)16-19-18-15(21-16)11-7-4-3-5-8-11/h6,9-11H,2-5,7-8,17H2,1H3. The van der Waals surface area contributed by atoms with Crippen LogP contribution in [0.25, 0.3) is 11.5 Å². The minimum Gasteiger partial charge on any atom is -0.491 e. The number of hydrogen-bond donors (Lipinski definition) is 1. The van der Waals surface area contributed by atoms with Crippen LogP contribution in [-0.2, 0) is 0 Å². The number of rotatable bonds is 4. The summed E-state index contributed by atoms with van der Waals surface area (Å²) in [6, 6.07) is 5.59. The summed E-state index contributed by atoms with van der Waals surface area (Å²) in [5.74, 6) is 2.26. The summed E-state index contributed by atoms with van der Waals surface area (Å²) in [7, 11) is 0. The van der Waals surface area contributed by atoms with E-state index in [4.69, 9.17) is 14.9 Å². The van der Waals surface area contributed by atoms with Gasteiger partial charge in [-0.25, -0.2) is 0 Å². The van der Waals surface area contributed by atoms with Crippen LogP contribution in [0, 0.1) is 0 Å². The van der Waals surface area contributed by atoms with Gasteiger partial charge in [-0.15, -0.1) is 10.2 Å². The van der Waals surface area contributed by atoms with Crippen LogP contribution in [0.5, 0.6) is 5.75 Å². The second-order valence-electron chi connectivity index (χ2n) is 5.44. The van der Waals surface area contributed by atoms with Gasteiger partial charge < -0.3 is 14.9 Å². The largest absolute Gasteiger partial charge is 0.491 e. The van der Waals surface area contributed by atoms with Gasteiger partial charge >= 0.3 is 0 Å². The zero-order valence-electron chi connectivity index (χ0n) is 12.3. The van der Waals surface area contributed by atoms with Gasteiger partial charge in [0.2, 0.25) is 5.89 Å². The second kappa shape index (κ2) is 6.16. The predicted octanol–water partition coefficient (Wildman–Crippen LogP) is 3.77. The molecule has 5 nitrogen and oxygen atoms in total. The molecule has 0 bridgehead atoms. The van der Waals surface area contributed by atoms with Crippen LogP contribution in [0.15, 0.2) is 22.6 Å². The molecule has 0 aliphatic heterocycles. The highest BCUT2D eigenvalue weighted by molar-refractivity contribution is 5.72. The molecule has 0 unspecified atom stereocenters. The molecule has 2 aromatic rings. The molecule has 1 aromatic heterocycles. The van der Waals surface area contributed by atoms with Gasteiger partial charge in [-0.3, -0.25) is 0 Å². The Morgan fingerprint density at radius 2 is 2.05 bits per heavy atom. The lowest BCUT2D eigenvalue weighted by Gasteiger charge is -2.17. The third kappa shape index (κ3) is 2.86. The SMILES string of the molecule is CCOc1c(N)cccc1-c1nnc(C2CCCCC2)o1. The van der Waals surface area contributed by atoms with E-state index in [2.05, 4.69) is 10.2 Å². The van der Waals surface area contributed by atoms with Crippen LogP contribution in [0.3, 0.4) is 0 Å². The monoisotopic (exact) mass is 287 g/mol. The Kier molecular flexibility index (Phi) is 4.08. The summed E-state index contributed by atoms with van der Waals surface area (Å²) in [6.07, 6.45) is 6.06. The van der Waals surface area contributed by atoms with Crippen LogP contribution in [0.1, 0.15) is 50.8 Å². The molecule has 0 radical (unpaired) electrons. The van der Waals surface area contributed by atoms with Crippen LogP contribution < -0.4 is 10.5 Å². The number of ether oxygens (including phenoxy) is 1. The average Bonchev–Trinajstić information content (AvgIpc) is 3.00. The maximum Gasteiger partial charge on any atom is 0.251 e. The van der Waals surface area contributed by atoms with Gasteiger partial charge in [0.15, 0.2) is 5.75 Å². The molecule has 2 N–H and O–H groups in total. The van der Waals surface area contributed by atoms with Crippen molar-refractivity contribution in [2.24, 2.45) is 0 Å². The molecular weight excluding hydrogens is 266 g/mol. The molecule has 5 heteroatoms. The quantitative estimate of drug-likeness (QED) is 0.866. The van der Waals surface area contributed by atoms with Crippen molar-refractivity contribution in [2.75, 3.05) is 12.3 Å². The van der Waals surface area contributed by atoms with E-state index < -0.39 is 0 Å². The number of nitrogen functional groups attached to an aromatic ring is 1. The van der Waals surface area contributed by atoms with Gasteiger partial charge in [-0.05, 0) is 31.9 Å². The van der Waals surface area contributed by atoms with Gasteiger partial charge in [0.1, 0.15) is 0 Å². The summed E-state index contributed by atoms with van der Waals surface area (Å²) in [5, 5.41) is 8.43. The highest BCUT2D eigenvalue weighted by Gasteiger charge is 2.23. The molecule has 0 amide bonds. The van der Waals surface area contributed by atoms with Crippen LogP contribution in [0.4, 0.5) is 5.69 Å². The van der Waals surface area contributed by atoms with Gasteiger partial charge in [0, 0.05) is 5.92 Å². The fourth-order valence-corrected chi connectivity index (χ4v) is 2.89. The first-order chi connectivity index (χ1) is 10.3. The second-order valence-corrected chi connectivity index (χ2v) is 5.44. The van der Waals surface area contributed by atoms with Crippen LogP contribution in [-0.4, -0.2) is 16.8 Å². The van der Waals surface area contributed by atoms with E-state index in [1.54, 1.807) is 0 Å². The van der Waals surface area contributed by atoms with Crippen molar-refractivity contribution in [3.8, 4) is 17.2 Å². The first-order valence-corrected chi connectivity index (χ1v) is 7.64. The predicted molar refractivity (Wildman–Crippen MR) is 81.1 cm³/mol. The zero-order chi connectivity index (χ0) is 14.7. The Balaban J connectivity index is 1.90. The molecular formula is C16H21N3O2. The van der Waals surface area contributed by atoms with E-state index in [0.717, 1.165) is 24.3 Å². The van der Waals surface area contributed by atoms with Crippen molar-refractivity contribution in [1.82, 2.24) is 10.2 Å². The van der Waals surface area contributed by atoms with E-state index in [-0.39, 0.29) is 0 Å². The summed E-state index contributed by atoms with van der Waals surface area (Å²) < 4.78 is 11.5. The minimum absolute atomic E-state index is 0.400. The lowest BCUT2D eigenvalue weighted by atomic mass is 9.89. The summed E-state index contributed by atoms with van der Waals surface area (Å²) >= 11 is 0. The molecule has 1 fully saturated rings. The third-order valence-corrected chi connectivity index (χ3v) is 3.96. The van der Waals surface area contributed by atoms with Crippen LogP contribution in [0.2, 0.25) is 0 Å². The van der Waals surface area contributed by atoms with Gasteiger partial charge in [-0.2, -0.15) is 0 Å². The van der Waals surface area contributed by atoms with Crippen molar-refractivity contribution in [1.29, 1.82) is 0 Å². The third-order valence-electron chi connectivity index (χ3n) is 3.96. The fourth-order valence-electron chi connectivity index (χ4n) is 2.89. The average molecular weight is 287 g/mol. The highest BCUT2D eigenvalue weighted by atomic mass is 16.5. The minimum atomic E-state index is 0.400. The number of nitrogens with two attached hydrogens (primary N) is 1. The van der Waals surface area contributed by atoms with Crippen molar-refractivity contribution < 1.29 is 9.15 Å². The van der Waals surface area contributed by atoms with Crippen molar-refractivity contribution in [3.05, 3.63) is 24.1 Å². The Morgan fingerprint density at radius 1 is 1.24 bits per heavy atom. The number of nitrogens with zero attached hydrogens (tertiary/aromatic N) is 2. The van der Waals surface area contributed by atoms with Gasteiger partial charge in [0.05, 0.1) is 17.9 Å². The van der Waals surface area contributed by atoms with E-state index in [0.29, 0.717) is 29.9 Å². The molecule has 0 atom stereocenters. The Hall–Kier alpha value is -2.04. The van der Waals surface area contributed by atoms with E-state index in [9.17, 15) is 0 Å². The highest BCUT2D eigenvalue weighted by Crippen LogP contribution is 2.37. The maximum atomic E-state index is 5.98. The Labute approximate surface area is 124 Å². The fraction of sp³-hybridized carbons (Fsp3) is 0.500. The van der Waals surface area contributed by atoms with Crippen molar-refractivity contribution >= 4 is 5.69 Å². The zero-order valence-corrected chi connectivity index (χ0v) is 12.3. The molecule has 0 spiro atoms. The smallest absolute Gasteiger partial charge is 0.251 e. The van der Waals surface area contributed by atoms with E-state index >= 15 is 0 Å². The topological polar surface area (TPSA) is 74.2 Å². The number of hydrogen-bond acceptors (Lipinski definition) is 5. The number of benzene rings is 1. The van der Waals surface area contributed by atoms with Crippen molar-refractivity contribution in [3.63, 3.8) is 0 Å². The number of aromatic nitrogens is 2. The molecule has 1 aliphatic carbocycles. The summed E-state index contributed by atoms with van der Waals surface area (Å²) in [6.45, 7) is 2.47. The first kappa shape index (κ1) is 13.9.